The lowest BCUT2D eigenvalue weighted by atomic mass is 9.96. The molecule has 2 aliphatic rings. The van der Waals surface area contributed by atoms with E-state index in [2.05, 4.69) is 10.6 Å². The predicted octanol–water partition coefficient (Wildman–Crippen LogP) is 2.70. The average molecular weight is 462 g/mol. The quantitative estimate of drug-likeness (QED) is 0.553. The second-order valence-corrected chi connectivity index (χ2v) is 11.4. The Morgan fingerprint density at radius 3 is 2.44 bits per heavy atom. The summed E-state index contributed by atoms with van der Waals surface area (Å²) in [5.41, 5.74) is 1.57. The Bertz CT molecular complexity index is 888. The van der Waals surface area contributed by atoms with Gasteiger partial charge in [0.25, 0.3) is 5.91 Å². The van der Waals surface area contributed by atoms with Crippen molar-refractivity contribution < 1.29 is 19.5 Å². The Kier molecular flexibility index (Phi) is 7.25. The Labute approximate surface area is 194 Å². The molecule has 1 aromatic carbocycles. The molecule has 1 saturated heterocycles. The molecular weight excluding hydrogens is 426 g/mol. The number of rotatable bonds is 8. The number of benzene rings is 1. The fraction of sp³-hybridized carbons (Fsp3) is 0.625. The first-order valence-corrected chi connectivity index (χ1v) is 12.2. The van der Waals surface area contributed by atoms with Crippen molar-refractivity contribution >= 4 is 29.5 Å². The van der Waals surface area contributed by atoms with Gasteiger partial charge in [-0.2, -0.15) is 0 Å². The van der Waals surface area contributed by atoms with Crippen LogP contribution in [0.4, 0.5) is 0 Å². The van der Waals surface area contributed by atoms with Crippen molar-refractivity contribution in [3.63, 3.8) is 0 Å². The number of aliphatic hydroxyl groups is 1. The number of aliphatic hydroxyl groups excluding tert-OH is 1. The van der Waals surface area contributed by atoms with Crippen molar-refractivity contribution in [2.24, 2.45) is 11.8 Å². The van der Waals surface area contributed by atoms with Crippen LogP contribution < -0.4 is 10.6 Å². The van der Waals surface area contributed by atoms with Crippen LogP contribution in [0.2, 0.25) is 0 Å². The number of hydrogen-bond acceptors (Lipinski definition) is 5. The first kappa shape index (κ1) is 24.6. The normalized spacial score (nSPS) is 24.0. The Morgan fingerprint density at radius 1 is 1.19 bits per heavy atom. The lowest BCUT2D eigenvalue weighted by Crippen LogP contribution is -2.59. The molecule has 0 aromatic heterocycles. The molecule has 7 nitrogen and oxygen atoms in total. The van der Waals surface area contributed by atoms with Crippen molar-refractivity contribution in [3.8, 4) is 0 Å². The Hall–Kier alpha value is -2.06. The van der Waals surface area contributed by atoms with E-state index < -0.39 is 16.8 Å². The number of fused-ring (bicyclic) bond motifs is 3. The van der Waals surface area contributed by atoms with Crippen LogP contribution in [0.1, 0.15) is 69.3 Å². The van der Waals surface area contributed by atoms with Gasteiger partial charge in [-0.1, -0.05) is 52.3 Å². The summed E-state index contributed by atoms with van der Waals surface area (Å²) in [6.45, 7) is 11.5. The second kappa shape index (κ2) is 9.43. The molecule has 2 heterocycles. The van der Waals surface area contributed by atoms with Gasteiger partial charge in [-0.25, -0.2) is 0 Å². The Balaban J connectivity index is 1.81. The fourth-order valence-electron chi connectivity index (χ4n) is 4.50. The SMILES string of the molecule is CC[C@H](C)[C@H](CO)NC(=O)[C@@H](NC(=O)[C@H]1N2C(=O)c3ccccc3[C@@H]2SC1(C)C)C(C)C. The maximum atomic E-state index is 13.5. The van der Waals surface area contributed by atoms with Crippen LogP contribution in [0, 0.1) is 11.8 Å². The van der Waals surface area contributed by atoms with Crippen LogP contribution in [0.3, 0.4) is 0 Å². The number of nitrogens with one attached hydrogen (secondary N) is 2. The third kappa shape index (κ3) is 4.39. The standard InChI is InChI=1S/C24H35N3O4S/c1-7-14(4)17(12-28)25-20(29)18(13(2)3)26-21(30)19-24(5,6)32-23-16-11-9-8-10-15(16)22(31)27(19)23/h8-11,13-14,17-19,23,28H,7,12H2,1-6H3,(H,25,29)(H,26,30)/t14-,17-,18-,19+,23-/m0/s1. The van der Waals surface area contributed by atoms with E-state index in [9.17, 15) is 19.5 Å². The average Bonchev–Trinajstić information content (AvgIpc) is 3.18. The summed E-state index contributed by atoms with van der Waals surface area (Å²) in [5.74, 6) is -0.840. The molecule has 32 heavy (non-hydrogen) atoms. The monoisotopic (exact) mass is 461 g/mol. The maximum absolute atomic E-state index is 13.5. The maximum Gasteiger partial charge on any atom is 0.256 e. The van der Waals surface area contributed by atoms with E-state index in [4.69, 9.17) is 0 Å². The fourth-order valence-corrected chi connectivity index (χ4v) is 6.09. The largest absolute Gasteiger partial charge is 0.394 e. The molecule has 176 valence electrons. The van der Waals surface area contributed by atoms with Crippen LogP contribution in [0.15, 0.2) is 24.3 Å². The number of thioether (sulfide) groups is 1. The summed E-state index contributed by atoms with van der Waals surface area (Å²) in [5, 5.41) is 15.3. The zero-order valence-corrected chi connectivity index (χ0v) is 20.5. The number of hydrogen-bond donors (Lipinski definition) is 3. The van der Waals surface area contributed by atoms with Crippen molar-refractivity contribution in [2.75, 3.05) is 6.61 Å². The molecule has 5 atom stereocenters. The van der Waals surface area contributed by atoms with Gasteiger partial charge in [0.05, 0.1) is 12.6 Å². The molecule has 0 aliphatic carbocycles. The highest BCUT2D eigenvalue weighted by atomic mass is 32.2. The molecule has 2 aliphatic heterocycles. The summed E-state index contributed by atoms with van der Waals surface area (Å²) in [6, 6.07) is 5.64. The van der Waals surface area contributed by atoms with E-state index in [0.717, 1.165) is 12.0 Å². The van der Waals surface area contributed by atoms with E-state index in [-0.39, 0.29) is 47.6 Å². The molecule has 3 N–H and O–H groups in total. The van der Waals surface area contributed by atoms with E-state index >= 15 is 0 Å². The zero-order valence-electron chi connectivity index (χ0n) is 19.7. The van der Waals surface area contributed by atoms with Crippen LogP contribution in [0.5, 0.6) is 0 Å². The smallest absolute Gasteiger partial charge is 0.256 e. The number of nitrogens with zero attached hydrogens (tertiary/aromatic N) is 1. The molecule has 0 spiro atoms. The van der Waals surface area contributed by atoms with Gasteiger partial charge in [-0.05, 0) is 37.3 Å². The lowest BCUT2D eigenvalue weighted by molar-refractivity contribution is -0.133. The summed E-state index contributed by atoms with van der Waals surface area (Å²) < 4.78 is -0.514. The van der Waals surface area contributed by atoms with Crippen LogP contribution >= 0.6 is 11.8 Å². The van der Waals surface area contributed by atoms with Gasteiger partial charge >= 0.3 is 0 Å². The topological polar surface area (TPSA) is 98.7 Å². The third-order valence-electron chi connectivity index (χ3n) is 6.65. The van der Waals surface area contributed by atoms with Crippen molar-refractivity contribution in [2.45, 2.75) is 76.2 Å². The molecule has 1 fully saturated rings. The highest BCUT2D eigenvalue weighted by molar-refractivity contribution is 8.01. The van der Waals surface area contributed by atoms with Crippen molar-refractivity contribution in [3.05, 3.63) is 35.4 Å². The van der Waals surface area contributed by atoms with Crippen molar-refractivity contribution in [1.29, 1.82) is 0 Å². The minimum atomic E-state index is -0.763. The molecule has 0 unspecified atom stereocenters. The Morgan fingerprint density at radius 2 is 1.84 bits per heavy atom. The van der Waals surface area contributed by atoms with Gasteiger partial charge in [0.1, 0.15) is 17.5 Å². The highest BCUT2D eigenvalue weighted by Crippen LogP contribution is 2.56. The van der Waals surface area contributed by atoms with Crippen LogP contribution in [-0.4, -0.2) is 57.2 Å². The lowest BCUT2D eigenvalue weighted by Gasteiger charge is -2.32. The second-order valence-electron chi connectivity index (χ2n) is 9.69. The van der Waals surface area contributed by atoms with Gasteiger partial charge in [-0.15, -0.1) is 11.8 Å². The van der Waals surface area contributed by atoms with Gasteiger partial charge in [0.15, 0.2) is 0 Å². The van der Waals surface area contributed by atoms with Crippen LogP contribution in [-0.2, 0) is 9.59 Å². The van der Waals surface area contributed by atoms with Crippen LogP contribution in [0.25, 0.3) is 0 Å². The predicted molar refractivity (Wildman–Crippen MR) is 126 cm³/mol. The molecule has 3 amide bonds. The molecule has 0 bridgehead atoms. The summed E-state index contributed by atoms with van der Waals surface area (Å²) in [7, 11) is 0. The minimum absolute atomic E-state index is 0.110. The van der Waals surface area contributed by atoms with Gasteiger partial charge in [0.2, 0.25) is 11.8 Å². The number of carbonyl (C=O) groups excluding carboxylic acids is 3. The van der Waals surface area contributed by atoms with Gasteiger partial charge in [-0.3, -0.25) is 14.4 Å². The number of amides is 3. The summed E-state index contributed by atoms with van der Waals surface area (Å²) in [4.78, 5) is 41.4. The first-order valence-electron chi connectivity index (χ1n) is 11.3. The van der Waals surface area contributed by atoms with Crippen molar-refractivity contribution in [1.82, 2.24) is 15.5 Å². The molecule has 3 rings (SSSR count). The first-order chi connectivity index (χ1) is 15.0. The van der Waals surface area contributed by atoms with Gasteiger partial charge in [0, 0.05) is 10.3 Å². The van der Waals surface area contributed by atoms with E-state index in [1.165, 1.54) is 0 Å². The third-order valence-corrected chi connectivity index (χ3v) is 8.18. The van der Waals surface area contributed by atoms with E-state index in [0.29, 0.717) is 5.56 Å². The summed E-state index contributed by atoms with van der Waals surface area (Å²) in [6.07, 6.45) is 0.816. The van der Waals surface area contributed by atoms with E-state index in [1.54, 1.807) is 22.7 Å². The minimum Gasteiger partial charge on any atom is -0.394 e. The molecular formula is C24H35N3O4S. The highest BCUT2D eigenvalue weighted by Gasteiger charge is 2.57. The van der Waals surface area contributed by atoms with Gasteiger partial charge < -0.3 is 20.6 Å². The van der Waals surface area contributed by atoms with E-state index in [1.807, 2.05) is 59.7 Å². The molecule has 1 aromatic rings. The molecule has 0 saturated carbocycles. The molecule has 0 radical (unpaired) electrons. The summed E-state index contributed by atoms with van der Waals surface area (Å²) >= 11 is 1.60. The number of carbonyl (C=O) groups is 3. The zero-order chi connectivity index (χ0) is 23.8. The molecule has 8 heteroatoms.